The summed E-state index contributed by atoms with van der Waals surface area (Å²) < 4.78 is 10.3. The van der Waals surface area contributed by atoms with Gasteiger partial charge in [0.25, 0.3) is 23.6 Å². The molecule has 0 aromatic heterocycles. The number of aliphatic hydroxyl groups is 2. The van der Waals surface area contributed by atoms with Crippen LogP contribution in [-0.2, 0) is 38.2 Å². The summed E-state index contributed by atoms with van der Waals surface area (Å²) in [4.78, 5) is 76.1. The molecule has 12 nitrogen and oxygen atoms in total. The van der Waals surface area contributed by atoms with Crippen LogP contribution in [0, 0.1) is 0 Å². The SMILES string of the molecule is COC1=C(C2=C(OC)[C@](O)(CC(C)=O)C(=O)N(C)C2=O)C(=O)N(C)C(=O)[C@]1(O)CC(C)=O. The molecule has 0 aliphatic carbocycles. The van der Waals surface area contributed by atoms with Crippen LogP contribution >= 0.6 is 0 Å². The summed E-state index contributed by atoms with van der Waals surface area (Å²) in [7, 11) is 4.03. The van der Waals surface area contributed by atoms with Crippen LogP contribution in [0.1, 0.15) is 26.7 Å². The van der Waals surface area contributed by atoms with Crippen molar-refractivity contribution in [3.63, 3.8) is 0 Å². The fourth-order valence-corrected chi connectivity index (χ4v) is 3.89. The van der Waals surface area contributed by atoms with Gasteiger partial charge in [-0.3, -0.25) is 38.6 Å². The van der Waals surface area contributed by atoms with Gasteiger partial charge >= 0.3 is 0 Å². The van der Waals surface area contributed by atoms with Gasteiger partial charge in [0.05, 0.1) is 38.2 Å². The standard InChI is InChI=1S/C20H24N2O10/c1-9(23)7-19(29)13(31-5)11(15(25)21(3)17(19)27)12-14(32-6)20(30,8-10(2)24)18(28)22(4)16(12)26/h29-30H,7-8H2,1-6H3/t19-,20+. The highest BCUT2D eigenvalue weighted by Crippen LogP contribution is 2.41. The van der Waals surface area contributed by atoms with Crippen LogP contribution in [0.15, 0.2) is 22.7 Å². The Morgan fingerprint density at radius 2 is 1.03 bits per heavy atom. The lowest BCUT2D eigenvalue weighted by Gasteiger charge is -2.41. The number of Topliss-reactive ketones (excluding diaryl/α,β-unsaturated/α-hetero) is 2. The van der Waals surface area contributed by atoms with Gasteiger partial charge < -0.3 is 19.7 Å². The molecule has 0 radical (unpaired) electrons. The number of hydrogen-bond donors (Lipinski definition) is 2. The Morgan fingerprint density at radius 1 is 0.750 bits per heavy atom. The number of ketones is 2. The third-order valence-electron chi connectivity index (χ3n) is 5.23. The van der Waals surface area contributed by atoms with Gasteiger partial charge in [0.1, 0.15) is 11.6 Å². The van der Waals surface area contributed by atoms with Gasteiger partial charge in [0, 0.05) is 14.1 Å². The van der Waals surface area contributed by atoms with Crippen molar-refractivity contribution < 1.29 is 48.5 Å². The first-order valence-corrected chi connectivity index (χ1v) is 9.35. The molecule has 2 N–H and O–H groups in total. The Hall–Kier alpha value is -3.38. The van der Waals surface area contributed by atoms with E-state index in [-0.39, 0.29) is 0 Å². The number of hydrogen-bond acceptors (Lipinski definition) is 10. The molecule has 0 fully saturated rings. The zero-order valence-corrected chi connectivity index (χ0v) is 18.5. The van der Waals surface area contributed by atoms with Crippen LogP contribution in [-0.4, -0.2) is 94.7 Å². The number of rotatable bonds is 7. The Morgan fingerprint density at radius 3 is 1.25 bits per heavy atom. The van der Waals surface area contributed by atoms with Crippen molar-refractivity contribution in [3.05, 3.63) is 22.7 Å². The lowest BCUT2D eigenvalue weighted by molar-refractivity contribution is -0.163. The summed E-state index contributed by atoms with van der Waals surface area (Å²) in [5.74, 6) is -7.31. The van der Waals surface area contributed by atoms with E-state index < -0.39 is 81.9 Å². The molecule has 2 aliphatic heterocycles. The predicted molar refractivity (Wildman–Crippen MR) is 104 cm³/mol. The normalized spacial score (nSPS) is 26.8. The molecule has 2 rings (SSSR count). The number of amides is 4. The monoisotopic (exact) mass is 452 g/mol. The Balaban J connectivity index is 3.04. The minimum absolute atomic E-state index is 0.481. The average molecular weight is 452 g/mol. The molecule has 0 spiro atoms. The zero-order chi connectivity index (χ0) is 24.8. The summed E-state index contributed by atoms with van der Waals surface area (Å²) >= 11 is 0. The van der Waals surface area contributed by atoms with E-state index in [1.165, 1.54) is 0 Å². The molecule has 174 valence electrons. The summed E-state index contributed by atoms with van der Waals surface area (Å²) in [6.45, 7) is 2.19. The van der Waals surface area contributed by atoms with E-state index in [0.717, 1.165) is 42.2 Å². The molecule has 0 aromatic carbocycles. The van der Waals surface area contributed by atoms with Crippen molar-refractivity contribution in [1.29, 1.82) is 0 Å². The fourth-order valence-electron chi connectivity index (χ4n) is 3.89. The largest absolute Gasteiger partial charge is 0.497 e. The first-order valence-electron chi connectivity index (χ1n) is 9.35. The molecule has 2 aliphatic rings. The molecule has 4 amide bonds. The summed E-state index contributed by atoms with van der Waals surface area (Å²) in [5.41, 5.74) is -6.68. The first-order chi connectivity index (χ1) is 14.7. The topological polar surface area (TPSA) is 168 Å². The van der Waals surface area contributed by atoms with E-state index in [4.69, 9.17) is 9.47 Å². The zero-order valence-electron chi connectivity index (χ0n) is 18.5. The van der Waals surface area contributed by atoms with Crippen LogP contribution < -0.4 is 0 Å². The van der Waals surface area contributed by atoms with E-state index in [9.17, 15) is 39.0 Å². The lowest BCUT2D eigenvalue weighted by atomic mass is 9.79. The molecule has 12 heteroatoms. The highest BCUT2D eigenvalue weighted by atomic mass is 16.5. The molecule has 0 saturated carbocycles. The van der Waals surface area contributed by atoms with Crippen molar-refractivity contribution in [2.24, 2.45) is 0 Å². The van der Waals surface area contributed by atoms with Crippen molar-refractivity contribution in [3.8, 4) is 0 Å². The number of carbonyl (C=O) groups is 6. The molecule has 0 saturated heterocycles. The van der Waals surface area contributed by atoms with Gasteiger partial charge in [0.15, 0.2) is 11.5 Å². The van der Waals surface area contributed by atoms with Crippen molar-refractivity contribution in [2.75, 3.05) is 28.3 Å². The highest BCUT2D eigenvalue weighted by molar-refractivity contribution is 6.23. The van der Waals surface area contributed by atoms with Crippen molar-refractivity contribution in [2.45, 2.75) is 37.9 Å². The number of nitrogens with zero attached hydrogens (tertiary/aromatic N) is 2. The number of likely N-dealkylation sites (N-methyl/N-ethyl adjacent to an activating group) is 2. The van der Waals surface area contributed by atoms with E-state index in [2.05, 4.69) is 0 Å². The fraction of sp³-hybridized carbons (Fsp3) is 0.500. The Labute approximate surface area is 183 Å². The maximum Gasteiger partial charge on any atom is 0.269 e. The summed E-state index contributed by atoms with van der Waals surface area (Å²) in [6, 6.07) is 0. The summed E-state index contributed by atoms with van der Waals surface area (Å²) in [6.07, 6.45) is -1.57. The number of ether oxygens (including phenoxy) is 2. The van der Waals surface area contributed by atoms with E-state index >= 15 is 0 Å². The van der Waals surface area contributed by atoms with E-state index in [0.29, 0.717) is 9.80 Å². The van der Waals surface area contributed by atoms with Crippen LogP contribution in [0.25, 0.3) is 0 Å². The third-order valence-corrected chi connectivity index (χ3v) is 5.23. The number of carbonyl (C=O) groups excluding carboxylic acids is 6. The van der Waals surface area contributed by atoms with Crippen molar-refractivity contribution >= 4 is 35.2 Å². The molecule has 32 heavy (non-hydrogen) atoms. The predicted octanol–water partition coefficient (Wildman–Crippen LogP) is -1.79. The molecule has 0 aromatic rings. The molecule has 2 atom stereocenters. The van der Waals surface area contributed by atoms with Gasteiger partial charge in [-0.2, -0.15) is 0 Å². The van der Waals surface area contributed by atoms with Gasteiger partial charge in [-0.25, -0.2) is 0 Å². The van der Waals surface area contributed by atoms with Gasteiger partial charge in [0.2, 0.25) is 11.2 Å². The average Bonchev–Trinajstić information content (AvgIpc) is 2.69. The molecule has 0 unspecified atom stereocenters. The third kappa shape index (κ3) is 3.50. The minimum atomic E-state index is -2.65. The summed E-state index contributed by atoms with van der Waals surface area (Å²) in [5, 5.41) is 22.2. The minimum Gasteiger partial charge on any atom is -0.497 e. The molecule has 2 heterocycles. The van der Waals surface area contributed by atoms with Crippen molar-refractivity contribution in [1.82, 2.24) is 9.80 Å². The highest BCUT2D eigenvalue weighted by Gasteiger charge is 2.58. The van der Waals surface area contributed by atoms with Crippen LogP contribution in [0.3, 0.4) is 0 Å². The number of methoxy groups -OCH3 is 2. The van der Waals surface area contributed by atoms with Crippen LogP contribution in [0.5, 0.6) is 0 Å². The second kappa shape index (κ2) is 8.28. The van der Waals surface area contributed by atoms with Crippen LogP contribution in [0.2, 0.25) is 0 Å². The molecular formula is C20H24N2O10. The first kappa shape index (κ1) is 24.9. The van der Waals surface area contributed by atoms with Gasteiger partial charge in [-0.15, -0.1) is 0 Å². The number of imide groups is 2. The quantitative estimate of drug-likeness (QED) is 0.421. The van der Waals surface area contributed by atoms with Gasteiger partial charge in [-0.05, 0) is 13.8 Å². The molecular weight excluding hydrogens is 428 g/mol. The second-order valence-corrected chi connectivity index (χ2v) is 7.63. The Kier molecular flexibility index (Phi) is 6.44. The van der Waals surface area contributed by atoms with Gasteiger partial charge in [-0.1, -0.05) is 0 Å². The van der Waals surface area contributed by atoms with E-state index in [1.807, 2.05) is 0 Å². The molecule has 0 bridgehead atoms. The maximum atomic E-state index is 13.1. The van der Waals surface area contributed by atoms with E-state index in [1.54, 1.807) is 0 Å². The Bertz CT molecular complexity index is 930. The lowest BCUT2D eigenvalue weighted by Crippen LogP contribution is -2.60. The second-order valence-electron chi connectivity index (χ2n) is 7.63. The smallest absolute Gasteiger partial charge is 0.269 e. The van der Waals surface area contributed by atoms with Crippen LogP contribution in [0.4, 0.5) is 0 Å². The maximum absolute atomic E-state index is 13.1.